The molecule has 0 heterocycles. The zero-order chi connectivity index (χ0) is 26.3. The first-order valence-electron chi connectivity index (χ1n) is 13.4. The Morgan fingerprint density at radius 1 is 0.632 bits per heavy atom. The van der Waals surface area contributed by atoms with Gasteiger partial charge in [0.2, 0.25) is 0 Å². The molecule has 0 unspecified atom stereocenters. The van der Waals surface area contributed by atoms with Crippen LogP contribution in [0.1, 0.15) is 54.5 Å². The van der Waals surface area contributed by atoms with Crippen LogP contribution < -0.4 is 10.4 Å². The Morgan fingerprint density at radius 3 is 1.89 bits per heavy atom. The highest BCUT2D eigenvalue weighted by molar-refractivity contribution is 5.92. The van der Waals surface area contributed by atoms with E-state index in [-0.39, 0.29) is 0 Å². The molecule has 0 bridgehead atoms. The van der Waals surface area contributed by atoms with Crippen molar-refractivity contribution in [3.63, 3.8) is 0 Å². The lowest BCUT2D eigenvalue weighted by molar-refractivity contribution is 1.12. The zero-order valence-corrected chi connectivity index (χ0v) is 22.3. The Hall–Kier alpha value is -4.42. The van der Waals surface area contributed by atoms with Crippen LogP contribution in [0, 0.1) is 0 Å². The molecular formula is C38H34. The second-order valence-electron chi connectivity index (χ2n) is 9.71. The van der Waals surface area contributed by atoms with Gasteiger partial charge in [0.05, 0.1) is 0 Å². The van der Waals surface area contributed by atoms with Crippen LogP contribution in [0.4, 0.5) is 0 Å². The third-order valence-electron chi connectivity index (χ3n) is 7.39. The molecule has 0 nitrogen and oxygen atoms in total. The van der Waals surface area contributed by atoms with Crippen LogP contribution in [0.2, 0.25) is 0 Å². The van der Waals surface area contributed by atoms with Crippen LogP contribution in [-0.4, -0.2) is 0 Å². The predicted molar refractivity (Wildman–Crippen MR) is 165 cm³/mol. The molecule has 38 heavy (non-hydrogen) atoms. The minimum absolute atomic E-state index is 0.943. The van der Waals surface area contributed by atoms with Gasteiger partial charge in [0.1, 0.15) is 0 Å². The molecule has 0 saturated heterocycles. The lowest BCUT2D eigenvalue weighted by Gasteiger charge is -2.19. The Labute approximate surface area is 227 Å². The van der Waals surface area contributed by atoms with E-state index in [0.717, 1.165) is 24.0 Å². The van der Waals surface area contributed by atoms with Crippen LogP contribution >= 0.6 is 0 Å². The highest BCUT2D eigenvalue weighted by atomic mass is 14.2. The Morgan fingerprint density at radius 2 is 1.21 bits per heavy atom. The van der Waals surface area contributed by atoms with Gasteiger partial charge in [-0.05, 0) is 81.7 Å². The normalized spacial score (nSPS) is 14.3. The average Bonchev–Trinajstić information content (AvgIpc) is 3.27. The van der Waals surface area contributed by atoms with Gasteiger partial charge >= 0.3 is 0 Å². The van der Waals surface area contributed by atoms with E-state index in [1.807, 2.05) is 0 Å². The summed E-state index contributed by atoms with van der Waals surface area (Å²) in [6.07, 6.45) is 12.9. The summed E-state index contributed by atoms with van der Waals surface area (Å²) < 4.78 is 0. The fourth-order valence-electron chi connectivity index (χ4n) is 5.31. The van der Waals surface area contributed by atoms with Crippen molar-refractivity contribution in [2.45, 2.75) is 26.7 Å². The van der Waals surface area contributed by atoms with Crippen molar-refractivity contribution < 1.29 is 0 Å². The van der Waals surface area contributed by atoms with E-state index in [2.05, 4.69) is 154 Å². The van der Waals surface area contributed by atoms with Crippen molar-refractivity contribution in [3.05, 3.63) is 178 Å². The second-order valence-corrected chi connectivity index (χ2v) is 9.71. The van der Waals surface area contributed by atoms with E-state index in [0.29, 0.717) is 0 Å². The maximum Gasteiger partial charge on any atom is -0.00996 e. The molecule has 0 N–H and O–H groups in total. The SMILES string of the molecule is C=C(c1ccc(/C(C)=c2\cccc\c2=C\C)cc1)c1ccccc1C(=C1CC=CC=CC1)c1ccccc1. The van der Waals surface area contributed by atoms with Gasteiger partial charge in [-0.3, -0.25) is 0 Å². The largest absolute Gasteiger partial charge is 0.0905 e. The van der Waals surface area contributed by atoms with Crippen molar-refractivity contribution in [2.75, 3.05) is 0 Å². The maximum atomic E-state index is 4.59. The summed E-state index contributed by atoms with van der Waals surface area (Å²) in [4.78, 5) is 0. The van der Waals surface area contributed by atoms with Gasteiger partial charge in [0.15, 0.2) is 0 Å². The van der Waals surface area contributed by atoms with Gasteiger partial charge in [-0.15, -0.1) is 0 Å². The molecule has 4 aromatic rings. The average molecular weight is 491 g/mol. The number of hydrogen-bond donors (Lipinski definition) is 0. The van der Waals surface area contributed by atoms with E-state index in [9.17, 15) is 0 Å². The van der Waals surface area contributed by atoms with Crippen molar-refractivity contribution in [1.29, 1.82) is 0 Å². The topological polar surface area (TPSA) is 0 Å². The molecule has 186 valence electrons. The first-order valence-corrected chi connectivity index (χ1v) is 13.4. The van der Waals surface area contributed by atoms with E-state index in [1.165, 1.54) is 49.4 Å². The molecule has 0 amide bonds. The van der Waals surface area contributed by atoms with Crippen LogP contribution in [0.15, 0.2) is 140 Å². The van der Waals surface area contributed by atoms with Gasteiger partial charge in [-0.1, -0.05) is 146 Å². The molecule has 0 aromatic heterocycles. The summed E-state index contributed by atoms with van der Waals surface area (Å²) in [7, 11) is 0. The van der Waals surface area contributed by atoms with Gasteiger partial charge in [0.25, 0.3) is 0 Å². The zero-order valence-electron chi connectivity index (χ0n) is 22.3. The van der Waals surface area contributed by atoms with Crippen LogP contribution in [0.5, 0.6) is 0 Å². The number of allylic oxidation sites excluding steroid dienone is 5. The number of benzene rings is 4. The van der Waals surface area contributed by atoms with Crippen molar-refractivity contribution in [3.8, 4) is 0 Å². The van der Waals surface area contributed by atoms with Gasteiger partial charge < -0.3 is 0 Å². The Kier molecular flexibility index (Phi) is 7.81. The van der Waals surface area contributed by atoms with Gasteiger partial charge in [0, 0.05) is 0 Å². The molecule has 1 aliphatic carbocycles. The summed E-state index contributed by atoms with van der Waals surface area (Å²) >= 11 is 0. The van der Waals surface area contributed by atoms with E-state index >= 15 is 0 Å². The Bertz CT molecular complexity index is 1640. The first-order chi connectivity index (χ1) is 18.7. The molecule has 5 rings (SSSR count). The summed E-state index contributed by atoms with van der Waals surface area (Å²) in [5.74, 6) is 0. The van der Waals surface area contributed by atoms with E-state index < -0.39 is 0 Å². The first kappa shape index (κ1) is 25.2. The third kappa shape index (κ3) is 5.31. The fraction of sp³-hybridized carbons (Fsp3) is 0.105. The quantitative estimate of drug-likeness (QED) is 0.263. The van der Waals surface area contributed by atoms with Gasteiger partial charge in [-0.2, -0.15) is 0 Å². The van der Waals surface area contributed by atoms with Gasteiger partial charge in [-0.25, -0.2) is 0 Å². The summed E-state index contributed by atoms with van der Waals surface area (Å²) in [5.41, 5.74) is 11.1. The highest BCUT2D eigenvalue weighted by Crippen LogP contribution is 2.37. The number of hydrogen-bond acceptors (Lipinski definition) is 0. The Balaban J connectivity index is 1.58. The molecule has 0 aliphatic heterocycles. The number of rotatable bonds is 5. The predicted octanol–water partition coefficient (Wildman–Crippen LogP) is 8.48. The fourth-order valence-corrected chi connectivity index (χ4v) is 5.31. The molecule has 0 saturated carbocycles. The summed E-state index contributed by atoms with van der Waals surface area (Å²) in [6.45, 7) is 8.89. The molecule has 0 radical (unpaired) electrons. The lowest BCUT2D eigenvalue weighted by atomic mass is 9.84. The molecule has 0 heteroatoms. The molecule has 0 atom stereocenters. The van der Waals surface area contributed by atoms with Crippen molar-refractivity contribution >= 4 is 22.8 Å². The molecule has 4 aromatic carbocycles. The monoisotopic (exact) mass is 490 g/mol. The summed E-state index contributed by atoms with van der Waals surface area (Å²) in [6, 6.07) is 36.9. The third-order valence-corrected chi connectivity index (χ3v) is 7.39. The standard InChI is InChI=1S/C38H34/c1-4-30-16-12-13-21-35(30)28(2)31-24-26-32(27-25-31)29(3)36-22-14-15-23-37(36)38(34-19-10-7-11-20-34)33-17-8-5-6-9-18-33/h4-16,19-27H,3,17-18H2,1-2H3/b30-4-,35-28+. The molecule has 0 fully saturated rings. The van der Waals surface area contributed by atoms with Crippen LogP contribution in [-0.2, 0) is 0 Å². The maximum absolute atomic E-state index is 4.59. The minimum atomic E-state index is 0.943. The van der Waals surface area contributed by atoms with Crippen molar-refractivity contribution in [2.24, 2.45) is 0 Å². The van der Waals surface area contributed by atoms with Crippen LogP contribution in [0.25, 0.3) is 22.8 Å². The minimum Gasteiger partial charge on any atom is -0.0905 e. The molecular weight excluding hydrogens is 456 g/mol. The second kappa shape index (κ2) is 11.8. The summed E-state index contributed by atoms with van der Waals surface area (Å²) in [5, 5.41) is 2.54. The van der Waals surface area contributed by atoms with E-state index in [4.69, 9.17) is 0 Å². The molecule has 0 spiro atoms. The smallest absolute Gasteiger partial charge is 0.00996 e. The van der Waals surface area contributed by atoms with Crippen LogP contribution in [0.3, 0.4) is 0 Å². The van der Waals surface area contributed by atoms with Crippen molar-refractivity contribution in [1.82, 2.24) is 0 Å². The lowest BCUT2D eigenvalue weighted by Crippen LogP contribution is -2.25. The highest BCUT2D eigenvalue weighted by Gasteiger charge is 2.17. The van der Waals surface area contributed by atoms with E-state index in [1.54, 1.807) is 0 Å². The molecule has 1 aliphatic rings.